The molecule has 36 heavy (non-hydrogen) atoms. The predicted molar refractivity (Wildman–Crippen MR) is 125 cm³/mol. The van der Waals surface area contributed by atoms with E-state index in [0.29, 0.717) is 29.6 Å². The third-order valence-corrected chi connectivity index (χ3v) is 6.92. The first-order valence-electron chi connectivity index (χ1n) is 11.6. The molecular weight excluding hydrogens is 471 g/mol. The maximum atomic E-state index is 13.4. The van der Waals surface area contributed by atoms with Crippen LogP contribution in [0.25, 0.3) is 11.2 Å². The quantitative estimate of drug-likeness (QED) is 0.309. The van der Waals surface area contributed by atoms with Crippen LogP contribution in [-0.2, 0) is 15.1 Å². The van der Waals surface area contributed by atoms with Gasteiger partial charge in [0.25, 0.3) is 5.91 Å². The van der Waals surface area contributed by atoms with Gasteiger partial charge in [0, 0.05) is 6.42 Å². The highest BCUT2D eigenvalue weighted by Crippen LogP contribution is 2.33. The molecular formula is C23H25FN8O4. The average Bonchev–Trinajstić information content (AvgIpc) is 3.41. The van der Waals surface area contributed by atoms with Crippen LogP contribution in [0.3, 0.4) is 0 Å². The van der Waals surface area contributed by atoms with E-state index >= 15 is 0 Å². The molecule has 4 amide bonds. The summed E-state index contributed by atoms with van der Waals surface area (Å²) in [7, 11) is 0. The Morgan fingerprint density at radius 1 is 1.22 bits per heavy atom. The molecule has 188 valence electrons. The van der Waals surface area contributed by atoms with E-state index in [2.05, 4.69) is 30.9 Å². The summed E-state index contributed by atoms with van der Waals surface area (Å²) in [4.78, 5) is 49.9. The number of aromatic nitrogens is 4. The van der Waals surface area contributed by atoms with E-state index in [9.17, 15) is 23.9 Å². The van der Waals surface area contributed by atoms with Crippen LogP contribution in [0.1, 0.15) is 43.7 Å². The smallest absolute Gasteiger partial charge is 0.322 e. The molecule has 5 rings (SSSR count). The molecule has 1 aliphatic carbocycles. The van der Waals surface area contributed by atoms with E-state index in [0.717, 1.165) is 6.42 Å². The number of imide groups is 1. The number of nitrogen functional groups attached to an aromatic ring is 1. The number of hydrogen-bond donors (Lipinski definition) is 5. The van der Waals surface area contributed by atoms with Gasteiger partial charge in [-0.1, -0.05) is 12.1 Å². The number of hydrogen-bond acceptors (Lipinski definition) is 8. The van der Waals surface area contributed by atoms with Gasteiger partial charge in [0.2, 0.25) is 5.91 Å². The molecule has 1 aliphatic heterocycles. The average molecular weight is 497 g/mol. The Morgan fingerprint density at radius 3 is 2.72 bits per heavy atom. The fourth-order valence-corrected chi connectivity index (χ4v) is 5.06. The number of imidazole rings is 1. The van der Waals surface area contributed by atoms with Gasteiger partial charge < -0.3 is 26.0 Å². The van der Waals surface area contributed by atoms with Crippen molar-refractivity contribution < 1.29 is 23.9 Å². The Labute approximate surface area is 204 Å². The summed E-state index contributed by atoms with van der Waals surface area (Å²) in [5, 5.41) is 18.7. The number of urea groups is 1. The number of nitrogens with two attached hydrogens (primary N) is 1. The van der Waals surface area contributed by atoms with E-state index in [1.165, 1.54) is 30.6 Å². The van der Waals surface area contributed by atoms with Crippen molar-refractivity contribution >= 4 is 34.8 Å². The third kappa shape index (κ3) is 4.11. The van der Waals surface area contributed by atoms with Crippen LogP contribution >= 0.6 is 0 Å². The zero-order valence-electron chi connectivity index (χ0n) is 19.1. The van der Waals surface area contributed by atoms with E-state index in [-0.39, 0.29) is 24.7 Å². The molecule has 1 aromatic carbocycles. The number of aliphatic hydroxyl groups excluding tert-OH is 1. The number of nitrogens with zero attached hydrogens (tertiary/aromatic N) is 4. The van der Waals surface area contributed by atoms with E-state index in [4.69, 9.17) is 5.73 Å². The topological polar surface area (TPSA) is 177 Å². The Kier molecular flexibility index (Phi) is 6.00. The lowest BCUT2D eigenvalue weighted by molar-refractivity contribution is -0.126. The minimum atomic E-state index is -1.49. The summed E-state index contributed by atoms with van der Waals surface area (Å²) in [6, 6.07) is 3.57. The van der Waals surface area contributed by atoms with Gasteiger partial charge in [-0.25, -0.2) is 24.1 Å². The SMILES string of the molecule is Nc1ncnc2c1ncn2[C@H]1CCC[C@H](NC(=O)CC[C@]2(c3ccc(F)cc3)NC(=O)NC2=O)[C@@H]1O. The molecule has 6 N–H and O–H groups in total. The summed E-state index contributed by atoms with van der Waals surface area (Å²) >= 11 is 0. The Bertz CT molecular complexity index is 1330. The summed E-state index contributed by atoms with van der Waals surface area (Å²) in [6.07, 6.45) is 3.77. The lowest BCUT2D eigenvalue weighted by atomic mass is 9.84. The van der Waals surface area contributed by atoms with Crippen molar-refractivity contribution in [2.45, 2.75) is 55.8 Å². The Hall–Kier alpha value is -4.13. The normalized spacial score (nSPS) is 26.0. The molecule has 3 aromatic rings. The van der Waals surface area contributed by atoms with E-state index in [1.807, 2.05) is 0 Å². The number of anilines is 1. The maximum absolute atomic E-state index is 13.4. The fraction of sp³-hybridized carbons (Fsp3) is 0.391. The van der Waals surface area contributed by atoms with Crippen LogP contribution < -0.4 is 21.7 Å². The molecule has 13 heteroatoms. The zero-order valence-corrected chi connectivity index (χ0v) is 19.1. The minimum Gasteiger partial charge on any atom is -0.389 e. The predicted octanol–water partition coefficient (Wildman–Crippen LogP) is 0.633. The molecule has 4 atom stereocenters. The molecule has 12 nitrogen and oxygen atoms in total. The minimum absolute atomic E-state index is 0.0450. The number of halogens is 1. The van der Waals surface area contributed by atoms with Crippen molar-refractivity contribution in [3.63, 3.8) is 0 Å². The summed E-state index contributed by atoms with van der Waals surface area (Å²) in [5.41, 5.74) is 5.69. The van der Waals surface area contributed by atoms with E-state index < -0.39 is 41.3 Å². The Balaban J connectivity index is 1.29. The van der Waals surface area contributed by atoms with Gasteiger partial charge in [0.1, 0.15) is 23.2 Å². The van der Waals surface area contributed by atoms with Crippen molar-refractivity contribution in [2.75, 3.05) is 5.73 Å². The van der Waals surface area contributed by atoms with Gasteiger partial charge in [0.15, 0.2) is 11.5 Å². The van der Waals surface area contributed by atoms with Crippen molar-refractivity contribution in [2.24, 2.45) is 0 Å². The standard InChI is InChI=1S/C23H25FN8O4/c24-13-6-4-12(5-7-13)23(21(35)30-22(36)31-23)9-8-16(33)29-14-2-1-3-15(18(14)34)32-11-28-17-19(25)26-10-27-20(17)32/h4-7,10-11,14-15,18,34H,1-3,8-9H2,(H,29,33)(H2,25,26,27)(H2,30,31,35,36)/t14-,15-,18-,23+/m0/s1. The number of fused-ring (bicyclic) bond motifs is 1. The van der Waals surface area contributed by atoms with Crippen molar-refractivity contribution in [1.29, 1.82) is 0 Å². The summed E-state index contributed by atoms with van der Waals surface area (Å²) in [6.45, 7) is 0. The number of nitrogens with one attached hydrogen (secondary N) is 3. The van der Waals surface area contributed by atoms with Crippen LogP contribution in [0.5, 0.6) is 0 Å². The zero-order chi connectivity index (χ0) is 25.4. The highest BCUT2D eigenvalue weighted by Gasteiger charge is 2.47. The number of carbonyl (C=O) groups excluding carboxylic acids is 3. The third-order valence-electron chi connectivity index (χ3n) is 6.92. The lowest BCUT2D eigenvalue weighted by Crippen LogP contribution is -2.50. The number of rotatable bonds is 6. The monoisotopic (exact) mass is 496 g/mol. The molecule has 0 radical (unpaired) electrons. The van der Waals surface area contributed by atoms with Gasteiger partial charge >= 0.3 is 6.03 Å². The molecule has 1 saturated carbocycles. The first kappa shape index (κ1) is 23.6. The van der Waals surface area contributed by atoms with Gasteiger partial charge in [-0.05, 0) is 43.4 Å². The largest absolute Gasteiger partial charge is 0.389 e. The molecule has 0 spiro atoms. The second-order valence-electron chi connectivity index (χ2n) is 9.07. The fourth-order valence-electron chi connectivity index (χ4n) is 5.06. The maximum Gasteiger partial charge on any atom is 0.322 e. The van der Waals surface area contributed by atoms with Crippen LogP contribution in [0.2, 0.25) is 0 Å². The molecule has 2 fully saturated rings. The van der Waals surface area contributed by atoms with Crippen LogP contribution in [0.4, 0.5) is 15.0 Å². The van der Waals surface area contributed by atoms with Crippen molar-refractivity contribution in [1.82, 2.24) is 35.5 Å². The number of carbonyl (C=O) groups is 3. The number of amides is 4. The van der Waals surface area contributed by atoms with Crippen molar-refractivity contribution in [3.8, 4) is 0 Å². The lowest BCUT2D eigenvalue weighted by Gasteiger charge is -2.36. The van der Waals surface area contributed by atoms with Gasteiger partial charge in [0.05, 0.1) is 24.5 Å². The van der Waals surface area contributed by atoms with Crippen LogP contribution in [-0.4, -0.2) is 54.6 Å². The van der Waals surface area contributed by atoms with Crippen LogP contribution in [0, 0.1) is 5.82 Å². The summed E-state index contributed by atoms with van der Waals surface area (Å²) < 4.78 is 15.2. The second-order valence-corrected chi connectivity index (χ2v) is 9.07. The van der Waals surface area contributed by atoms with E-state index in [1.54, 1.807) is 10.9 Å². The molecule has 1 saturated heterocycles. The number of aliphatic hydroxyl groups is 1. The summed E-state index contributed by atoms with van der Waals surface area (Å²) in [5.74, 6) is -1.25. The highest BCUT2D eigenvalue weighted by atomic mass is 19.1. The molecule has 3 heterocycles. The molecule has 2 aliphatic rings. The first-order valence-corrected chi connectivity index (χ1v) is 11.6. The molecule has 0 bridgehead atoms. The molecule has 0 unspecified atom stereocenters. The highest BCUT2D eigenvalue weighted by molar-refractivity contribution is 6.07. The van der Waals surface area contributed by atoms with Gasteiger partial charge in [-0.2, -0.15) is 0 Å². The van der Waals surface area contributed by atoms with Crippen LogP contribution in [0.15, 0.2) is 36.9 Å². The van der Waals surface area contributed by atoms with Gasteiger partial charge in [-0.3, -0.25) is 14.9 Å². The number of benzene rings is 1. The second kappa shape index (κ2) is 9.15. The van der Waals surface area contributed by atoms with Crippen molar-refractivity contribution in [3.05, 3.63) is 48.3 Å². The first-order chi connectivity index (χ1) is 17.3. The van der Waals surface area contributed by atoms with Gasteiger partial charge in [-0.15, -0.1) is 0 Å². The Morgan fingerprint density at radius 2 is 2.00 bits per heavy atom. The molecule has 2 aromatic heterocycles.